The van der Waals surface area contributed by atoms with Crippen LogP contribution in [0.15, 0.2) is 24.3 Å². The van der Waals surface area contributed by atoms with Crippen LogP contribution in [0.3, 0.4) is 0 Å². The number of hydrogen-bond donors (Lipinski definition) is 0. The molecule has 2 heterocycles. The fourth-order valence-corrected chi connectivity index (χ4v) is 4.80. The molecule has 1 fully saturated rings. The van der Waals surface area contributed by atoms with Crippen LogP contribution in [0, 0.1) is 6.92 Å². The maximum absolute atomic E-state index is 12.5. The van der Waals surface area contributed by atoms with Crippen molar-refractivity contribution in [2.24, 2.45) is 0 Å². The number of Topliss-reactive ketones (excluding diaryl/α,β-unsaturated/α-hetero) is 1. The fraction of sp³-hybridized carbons (Fsp3) is 0.476. The Kier molecular flexibility index (Phi) is 5.73. The van der Waals surface area contributed by atoms with Gasteiger partial charge >= 0.3 is 0 Å². The molecule has 4 rings (SSSR count). The van der Waals surface area contributed by atoms with Crippen molar-refractivity contribution >= 4 is 23.0 Å². The molecule has 0 radical (unpaired) electrons. The van der Waals surface area contributed by atoms with Crippen molar-refractivity contribution < 1.29 is 14.3 Å². The fourth-order valence-electron chi connectivity index (χ4n) is 3.68. The van der Waals surface area contributed by atoms with E-state index in [-0.39, 0.29) is 18.3 Å². The molecule has 0 spiro atoms. The molecule has 28 heavy (non-hydrogen) atoms. The number of hydrogen-bond acceptors (Lipinski definition) is 6. The van der Waals surface area contributed by atoms with Gasteiger partial charge in [-0.1, -0.05) is 18.2 Å². The summed E-state index contributed by atoms with van der Waals surface area (Å²) in [5.41, 5.74) is 2.02. The zero-order valence-electron chi connectivity index (χ0n) is 16.1. The molecule has 7 heteroatoms. The van der Waals surface area contributed by atoms with Crippen LogP contribution < -0.4 is 4.74 Å². The van der Waals surface area contributed by atoms with Crippen molar-refractivity contribution in [1.29, 1.82) is 0 Å². The van der Waals surface area contributed by atoms with Crippen LogP contribution in [0.2, 0.25) is 0 Å². The molecule has 1 aromatic heterocycles. The summed E-state index contributed by atoms with van der Waals surface area (Å²) in [6.45, 7) is 5.82. The summed E-state index contributed by atoms with van der Waals surface area (Å²) >= 11 is 1.55. The highest BCUT2D eigenvalue weighted by Crippen LogP contribution is 2.27. The third kappa shape index (κ3) is 4.25. The molecule has 0 unspecified atom stereocenters. The average molecular weight is 400 g/mol. The lowest BCUT2D eigenvalue weighted by Gasteiger charge is -2.34. The summed E-state index contributed by atoms with van der Waals surface area (Å²) in [7, 11) is 0. The summed E-state index contributed by atoms with van der Waals surface area (Å²) in [5.74, 6) is 1.03. The molecular weight excluding hydrogens is 374 g/mol. The lowest BCUT2D eigenvalue weighted by Crippen LogP contribution is -2.49. The van der Waals surface area contributed by atoms with Crippen molar-refractivity contribution in [1.82, 2.24) is 14.8 Å². The number of carbonyl (C=O) groups is 2. The van der Waals surface area contributed by atoms with Crippen LogP contribution in [0.5, 0.6) is 5.75 Å². The van der Waals surface area contributed by atoms with Gasteiger partial charge in [0.05, 0.1) is 17.1 Å². The largest absolute Gasteiger partial charge is 0.484 e. The van der Waals surface area contributed by atoms with Crippen LogP contribution >= 0.6 is 11.3 Å². The van der Waals surface area contributed by atoms with Crippen molar-refractivity contribution in [2.45, 2.75) is 32.7 Å². The predicted molar refractivity (Wildman–Crippen MR) is 108 cm³/mol. The van der Waals surface area contributed by atoms with Gasteiger partial charge in [0.15, 0.2) is 12.4 Å². The Morgan fingerprint density at radius 3 is 2.71 bits per heavy atom. The van der Waals surface area contributed by atoms with E-state index < -0.39 is 0 Å². The Labute approximate surface area is 169 Å². The lowest BCUT2D eigenvalue weighted by atomic mass is 10.0. The quantitative estimate of drug-likeness (QED) is 0.774. The van der Waals surface area contributed by atoms with Gasteiger partial charge in [0.1, 0.15) is 10.8 Å². The number of aromatic nitrogens is 1. The van der Waals surface area contributed by atoms with Crippen molar-refractivity contribution in [2.75, 3.05) is 32.8 Å². The van der Waals surface area contributed by atoms with Gasteiger partial charge in [-0.05, 0) is 31.4 Å². The van der Waals surface area contributed by atoms with E-state index >= 15 is 0 Å². The Morgan fingerprint density at radius 1 is 1.18 bits per heavy atom. The number of benzene rings is 1. The SMILES string of the molecule is Cc1ccccc1OCC(=O)N1CCN(Cc2nc3c(s2)C(=O)CCC3)CC1. The topological polar surface area (TPSA) is 62.7 Å². The molecule has 1 saturated heterocycles. The standard InChI is InChI=1S/C21H25N3O3S/c1-15-5-2-3-8-18(15)27-14-20(26)24-11-9-23(10-12-24)13-19-22-16-6-4-7-17(25)21(16)28-19/h2-3,5,8H,4,6-7,9-14H2,1H3. The Morgan fingerprint density at radius 2 is 1.96 bits per heavy atom. The third-order valence-electron chi connectivity index (χ3n) is 5.34. The number of amides is 1. The summed E-state index contributed by atoms with van der Waals surface area (Å²) < 4.78 is 5.69. The summed E-state index contributed by atoms with van der Waals surface area (Å²) in [6, 6.07) is 7.73. The number of piperazine rings is 1. The monoisotopic (exact) mass is 399 g/mol. The highest BCUT2D eigenvalue weighted by Gasteiger charge is 2.25. The molecule has 1 amide bonds. The second kappa shape index (κ2) is 8.41. The van der Waals surface area contributed by atoms with Crippen LogP contribution in [0.1, 0.15) is 38.8 Å². The van der Waals surface area contributed by atoms with Crippen LogP contribution in [0.4, 0.5) is 0 Å². The smallest absolute Gasteiger partial charge is 0.260 e. The van der Waals surface area contributed by atoms with E-state index in [9.17, 15) is 9.59 Å². The van der Waals surface area contributed by atoms with Crippen molar-refractivity contribution in [3.63, 3.8) is 0 Å². The first-order valence-electron chi connectivity index (χ1n) is 9.80. The molecule has 0 N–H and O–H groups in total. The van der Waals surface area contributed by atoms with Crippen LogP contribution in [-0.4, -0.2) is 59.3 Å². The van der Waals surface area contributed by atoms with Gasteiger partial charge < -0.3 is 9.64 Å². The Bertz CT molecular complexity index is 872. The number of aryl methyl sites for hydroxylation is 2. The molecule has 148 valence electrons. The van der Waals surface area contributed by atoms with E-state index in [0.29, 0.717) is 19.5 Å². The van der Waals surface area contributed by atoms with E-state index in [0.717, 1.165) is 59.4 Å². The zero-order valence-corrected chi connectivity index (χ0v) is 17.0. The van der Waals surface area contributed by atoms with Gasteiger partial charge in [0.2, 0.25) is 0 Å². The van der Waals surface area contributed by atoms with Gasteiger partial charge in [-0.3, -0.25) is 14.5 Å². The zero-order chi connectivity index (χ0) is 19.5. The predicted octanol–water partition coefficient (Wildman–Crippen LogP) is 2.69. The van der Waals surface area contributed by atoms with Gasteiger partial charge in [0, 0.05) is 32.6 Å². The maximum atomic E-state index is 12.5. The maximum Gasteiger partial charge on any atom is 0.260 e. The van der Waals surface area contributed by atoms with Gasteiger partial charge in [-0.15, -0.1) is 11.3 Å². The van der Waals surface area contributed by atoms with Crippen LogP contribution in [0.25, 0.3) is 0 Å². The molecule has 6 nitrogen and oxygen atoms in total. The molecule has 2 aliphatic rings. The van der Waals surface area contributed by atoms with Gasteiger partial charge in [-0.25, -0.2) is 4.98 Å². The molecule has 1 aliphatic carbocycles. The van der Waals surface area contributed by atoms with Crippen molar-refractivity contribution in [3.05, 3.63) is 45.4 Å². The number of ketones is 1. The van der Waals surface area contributed by atoms with Gasteiger partial charge in [0.25, 0.3) is 5.91 Å². The lowest BCUT2D eigenvalue weighted by molar-refractivity contribution is -0.135. The first kappa shape index (κ1) is 19.1. The van der Waals surface area contributed by atoms with E-state index in [1.165, 1.54) is 0 Å². The highest BCUT2D eigenvalue weighted by atomic mass is 32.1. The number of carbonyl (C=O) groups excluding carboxylic acids is 2. The molecule has 0 bridgehead atoms. The summed E-state index contributed by atoms with van der Waals surface area (Å²) in [6.07, 6.45) is 2.49. The van der Waals surface area contributed by atoms with Crippen molar-refractivity contribution in [3.8, 4) is 5.75 Å². The second-order valence-corrected chi connectivity index (χ2v) is 8.45. The summed E-state index contributed by atoms with van der Waals surface area (Å²) in [4.78, 5) is 34.2. The molecule has 2 aromatic rings. The van der Waals surface area contributed by atoms with E-state index in [4.69, 9.17) is 4.74 Å². The normalized spacial score (nSPS) is 17.5. The average Bonchev–Trinajstić information content (AvgIpc) is 3.12. The number of ether oxygens (including phenoxy) is 1. The van der Waals surface area contributed by atoms with E-state index in [1.807, 2.05) is 36.1 Å². The second-order valence-electron chi connectivity index (χ2n) is 7.37. The molecular formula is C21H25N3O3S. The number of thiazole rings is 1. The number of nitrogens with zero attached hydrogens (tertiary/aromatic N) is 3. The minimum atomic E-state index is 0.0261. The summed E-state index contributed by atoms with van der Waals surface area (Å²) in [5, 5.41) is 1.02. The molecule has 1 aromatic carbocycles. The third-order valence-corrected chi connectivity index (χ3v) is 6.46. The minimum Gasteiger partial charge on any atom is -0.484 e. The molecule has 0 atom stereocenters. The van der Waals surface area contributed by atoms with Gasteiger partial charge in [-0.2, -0.15) is 0 Å². The van der Waals surface area contributed by atoms with Crippen LogP contribution in [-0.2, 0) is 17.8 Å². The number of fused-ring (bicyclic) bond motifs is 1. The Hall–Kier alpha value is -2.25. The number of para-hydroxylation sites is 1. The molecule has 0 saturated carbocycles. The minimum absolute atomic E-state index is 0.0261. The first-order chi connectivity index (χ1) is 13.6. The molecule has 1 aliphatic heterocycles. The number of rotatable bonds is 5. The highest BCUT2D eigenvalue weighted by molar-refractivity contribution is 7.13. The Balaban J connectivity index is 1.26. The first-order valence-corrected chi connectivity index (χ1v) is 10.6. The van der Waals surface area contributed by atoms with E-state index in [1.54, 1.807) is 11.3 Å². The van der Waals surface area contributed by atoms with E-state index in [2.05, 4.69) is 9.88 Å².